The van der Waals surface area contributed by atoms with Crippen molar-refractivity contribution in [3.63, 3.8) is 0 Å². The fourth-order valence-corrected chi connectivity index (χ4v) is 2.81. The summed E-state index contributed by atoms with van der Waals surface area (Å²) in [5, 5.41) is 1.14. The summed E-state index contributed by atoms with van der Waals surface area (Å²) in [5.41, 5.74) is 5.52. The predicted octanol–water partition coefficient (Wildman–Crippen LogP) is 5.18. The zero-order chi connectivity index (χ0) is 17.8. The van der Waals surface area contributed by atoms with Crippen LogP contribution in [0.25, 0.3) is 23.1 Å². The molecular weight excluding hydrogens is 308 g/mol. The first kappa shape index (κ1) is 17.0. The number of hydrogen-bond acceptors (Lipinski definition) is 3. The molecule has 3 nitrogen and oxygen atoms in total. The third-order valence-electron chi connectivity index (χ3n) is 4.17. The molecule has 3 rings (SSSR count). The fraction of sp³-hybridized carbons (Fsp3) is 0.227. The summed E-state index contributed by atoms with van der Waals surface area (Å²) in [6.45, 7) is 4.78. The minimum Gasteiger partial charge on any atom is -0.494 e. The maximum atomic E-state index is 5.59. The molecular formula is C22H24N2O. The number of fused-ring (bicyclic) bond motifs is 1. The molecule has 128 valence electrons. The number of ether oxygens (including phenoxy) is 1. The molecule has 0 aliphatic carbocycles. The number of pyridine rings is 1. The number of rotatable bonds is 5. The van der Waals surface area contributed by atoms with E-state index in [2.05, 4.69) is 60.4 Å². The Morgan fingerprint density at radius 1 is 1.00 bits per heavy atom. The molecule has 0 aliphatic heterocycles. The Kier molecular flexibility index (Phi) is 5.03. The lowest BCUT2D eigenvalue weighted by Crippen LogP contribution is -2.07. The number of benzene rings is 2. The number of nitrogens with zero attached hydrogens (tertiary/aromatic N) is 2. The molecule has 0 saturated heterocycles. The van der Waals surface area contributed by atoms with Gasteiger partial charge in [0.15, 0.2) is 0 Å². The SMILES string of the molecule is CCOc1ccc2nc(/C=C/c3ccc(N(C)C)cc3)cc(C)c2c1. The van der Waals surface area contributed by atoms with Crippen LogP contribution >= 0.6 is 0 Å². The number of anilines is 1. The summed E-state index contributed by atoms with van der Waals surface area (Å²) in [5.74, 6) is 0.893. The summed E-state index contributed by atoms with van der Waals surface area (Å²) in [4.78, 5) is 6.84. The second kappa shape index (κ2) is 7.39. The Morgan fingerprint density at radius 3 is 2.44 bits per heavy atom. The molecule has 0 unspecified atom stereocenters. The average Bonchev–Trinajstić information content (AvgIpc) is 2.61. The van der Waals surface area contributed by atoms with E-state index in [4.69, 9.17) is 9.72 Å². The van der Waals surface area contributed by atoms with Crippen molar-refractivity contribution in [1.82, 2.24) is 4.98 Å². The molecule has 0 aliphatic rings. The van der Waals surface area contributed by atoms with Crippen LogP contribution in [0.15, 0.2) is 48.5 Å². The van der Waals surface area contributed by atoms with Gasteiger partial charge in [0.05, 0.1) is 17.8 Å². The Labute approximate surface area is 149 Å². The largest absolute Gasteiger partial charge is 0.494 e. The quantitative estimate of drug-likeness (QED) is 0.644. The van der Waals surface area contributed by atoms with Crippen molar-refractivity contribution in [3.05, 3.63) is 65.4 Å². The van der Waals surface area contributed by atoms with Crippen molar-refractivity contribution in [2.75, 3.05) is 25.6 Å². The van der Waals surface area contributed by atoms with Crippen molar-refractivity contribution in [3.8, 4) is 5.75 Å². The molecule has 0 bridgehead atoms. The lowest BCUT2D eigenvalue weighted by molar-refractivity contribution is 0.340. The van der Waals surface area contributed by atoms with Gasteiger partial charge in [-0.15, -0.1) is 0 Å². The minimum atomic E-state index is 0.672. The summed E-state index contributed by atoms with van der Waals surface area (Å²) < 4.78 is 5.59. The van der Waals surface area contributed by atoms with Gasteiger partial charge in [0.25, 0.3) is 0 Å². The average molecular weight is 332 g/mol. The highest BCUT2D eigenvalue weighted by molar-refractivity contribution is 5.85. The van der Waals surface area contributed by atoms with E-state index in [0.717, 1.165) is 27.9 Å². The lowest BCUT2D eigenvalue weighted by atomic mass is 10.1. The summed E-state index contributed by atoms with van der Waals surface area (Å²) in [6, 6.07) is 16.7. The normalized spacial score (nSPS) is 11.2. The summed E-state index contributed by atoms with van der Waals surface area (Å²) in [7, 11) is 4.09. The highest BCUT2D eigenvalue weighted by Gasteiger charge is 2.03. The van der Waals surface area contributed by atoms with Gasteiger partial charge in [0, 0.05) is 25.2 Å². The Balaban J connectivity index is 1.87. The third kappa shape index (κ3) is 4.00. The molecule has 0 N–H and O–H groups in total. The van der Waals surface area contributed by atoms with Crippen LogP contribution in [0.1, 0.15) is 23.7 Å². The third-order valence-corrected chi connectivity index (χ3v) is 4.17. The Bertz CT molecular complexity index is 896. The maximum absolute atomic E-state index is 5.59. The first-order chi connectivity index (χ1) is 12.1. The van der Waals surface area contributed by atoms with Crippen LogP contribution in [-0.2, 0) is 0 Å². The topological polar surface area (TPSA) is 25.4 Å². The van der Waals surface area contributed by atoms with Gasteiger partial charge in [-0.25, -0.2) is 4.98 Å². The molecule has 2 aromatic carbocycles. The van der Waals surface area contributed by atoms with E-state index in [1.165, 1.54) is 11.3 Å². The van der Waals surface area contributed by atoms with Gasteiger partial charge in [0.1, 0.15) is 5.75 Å². The highest BCUT2D eigenvalue weighted by atomic mass is 16.5. The molecule has 1 aromatic heterocycles. The van der Waals surface area contributed by atoms with Gasteiger partial charge in [-0.3, -0.25) is 0 Å². The van der Waals surface area contributed by atoms with Gasteiger partial charge in [-0.05, 0) is 67.4 Å². The molecule has 3 aromatic rings. The van der Waals surface area contributed by atoms with Crippen LogP contribution in [0, 0.1) is 6.92 Å². The Hall–Kier alpha value is -2.81. The number of aromatic nitrogens is 1. The van der Waals surface area contributed by atoms with Gasteiger partial charge in [-0.2, -0.15) is 0 Å². The van der Waals surface area contributed by atoms with Crippen molar-refractivity contribution in [2.45, 2.75) is 13.8 Å². The van der Waals surface area contributed by atoms with E-state index in [0.29, 0.717) is 6.61 Å². The van der Waals surface area contributed by atoms with Crippen molar-refractivity contribution >= 4 is 28.7 Å². The molecule has 1 heterocycles. The van der Waals surface area contributed by atoms with Gasteiger partial charge in [-0.1, -0.05) is 18.2 Å². The fourth-order valence-electron chi connectivity index (χ4n) is 2.81. The van der Waals surface area contributed by atoms with Crippen LogP contribution in [0.3, 0.4) is 0 Å². The van der Waals surface area contributed by atoms with E-state index in [1.54, 1.807) is 0 Å². The van der Waals surface area contributed by atoms with E-state index < -0.39 is 0 Å². The highest BCUT2D eigenvalue weighted by Crippen LogP contribution is 2.24. The molecule has 0 radical (unpaired) electrons. The maximum Gasteiger partial charge on any atom is 0.120 e. The first-order valence-electron chi connectivity index (χ1n) is 8.56. The molecule has 0 saturated carbocycles. The molecule has 0 atom stereocenters. The van der Waals surface area contributed by atoms with Crippen LogP contribution in [0.2, 0.25) is 0 Å². The number of hydrogen-bond donors (Lipinski definition) is 0. The van der Waals surface area contributed by atoms with E-state index in [-0.39, 0.29) is 0 Å². The van der Waals surface area contributed by atoms with Gasteiger partial charge >= 0.3 is 0 Å². The molecule has 3 heteroatoms. The molecule has 0 fully saturated rings. The first-order valence-corrected chi connectivity index (χ1v) is 8.56. The van der Waals surface area contributed by atoms with E-state index in [1.807, 2.05) is 33.2 Å². The van der Waals surface area contributed by atoms with E-state index in [9.17, 15) is 0 Å². The second-order valence-corrected chi connectivity index (χ2v) is 6.30. The van der Waals surface area contributed by atoms with E-state index >= 15 is 0 Å². The zero-order valence-electron chi connectivity index (χ0n) is 15.3. The van der Waals surface area contributed by atoms with Gasteiger partial charge < -0.3 is 9.64 Å². The minimum absolute atomic E-state index is 0.672. The molecule has 0 amide bonds. The van der Waals surface area contributed by atoms with Gasteiger partial charge in [0.2, 0.25) is 0 Å². The standard InChI is InChI=1S/C22H24N2O/c1-5-25-20-12-13-22-21(15-20)16(2)14-18(23-22)9-6-17-7-10-19(11-8-17)24(3)4/h6-15H,5H2,1-4H3/b9-6+. The van der Waals surface area contributed by atoms with Crippen molar-refractivity contribution in [1.29, 1.82) is 0 Å². The Morgan fingerprint density at radius 2 is 1.76 bits per heavy atom. The second-order valence-electron chi connectivity index (χ2n) is 6.30. The lowest BCUT2D eigenvalue weighted by Gasteiger charge is -2.11. The zero-order valence-corrected chi connectivity index (χ0v) is 15.3. The number of aryl methyl sites for hydroxylation is 1. The molecule has 0 spiro atoms. The summed E-state index contributed by atoms with van der Waals surface area (Å²) >= 11 is 0. The van der Waals surface area contributed by atoms with Crippen LogP contribution < -0.4 is 9.64 Å². The monoisotopic (exact) mass is 332 g/mol. The van der Waals surface area contributed by atoms with Crippen LogP contribution in [-0.4, -0.2) is 25.7 Å². The predicted molar refractivity (Wildman–Crippen MR) is 107 cm³/mol. The smallest absolute Gasteiger partial charge is 0.120 e. The molecule has 25 heavy (non-hydrogen) atoms. The van der Waals surface area contributed by atoms with Crippen molar-refractivity contribution in [2.24, 2.45) is 0 Å². The van der Waals surface area contributed by atoms with Crippen LogP contribution in [0.4, 0.5) is 5.69 Å². The van der Waals surface area contributed by atoms with Crippen molar-refractivity contribution < 1.29 is 4.74 Å². The summed E-state index contributed by atoms with van der Waals surface area (Å²) in [6.07, 6.45) is 4.16. The van der Waals surface area contributed by atoms with Crippen LogP contribution in [0.5, 0.6) is 5.75 Å².